The molecule has 0 aliphatic rings. The molecule has 0 radical (unpaired) electrons. The zero-order valence-corrected chi connectivity index (χ0v) is 16.9. The average Bonchev–Trinajstić information content (AvgIpc) is 2.53. The van der Waals surface area contributed by atoms with E-state index in [1.807, 2.05) is 19.9 Å². The van der Waals surface area contributed by atoms with Crippen molar-refractivity contribution in [1.29, 1.82) is 0 Å². The quantitative estimate of drug-likeness (QED) is 0.607. The third-order valence-corrected chi connectivity index (χ3v) is 3.23. The first-order chi connectivity index (χ1) is 11.4. The second-order valence-electron chi connectivity index (χ2n) is 5.71. The van der Waals surface area contributed by atoms with Gasteiger partial charge in [0.15, 0.2) is 0 Å². The molecule has 0 amide bonds. The van der Waals surface area contributed by atoms with Gasteiger partial charge in [0, 0.05) is 5.69 Å². The predicted octanol–water partition coefficient (Wildman–Crippen LogP) is 6.73. The van der Waals surface area contributed by atoms with E-state index in [1.54, 1.807) is 6.08 Å². The van der Waals surface area contributed by atoms with Crippen LogP contribution < -0.4 is 5.73 Å². The van der Waals surface area contributed by atoms with Crippen LogP contribution in [0.3, 0.4) is 0 Å². The molecule has 0 fully saturated rings. The summed E-state index contributed by atoms with van der Waals surface area (Å²) in [5.74, 6) is 0.703. The van der Waals surface area contributed by atoms with Crippen molar-refractivity contribution >= 4 is 5.82 Å². The number of allylic oxidation sites excluding steroid dienone is 5. The van der Waals surface area contributed by atoms with Gasteiger partial charge in [-0.3, -0.25) is 0 Å². The van der Waals surface area contributed by atoms with Gasteiger partial charge in [0.1, 0.15) is 5.82 Å². The lowest BCUT2D eigenvalue weighted by atomic mass is 10.1. The Balaban J connectivity index is 0. The molecule has 1 aromatic rings. The highest BCUT2D eigenvalue weighted by Crippen LogP contribution is 2.17. The molecule has 0 aliphatic heterocycles. The summed E-state index contributed by atoms with van der Waals surface area (Å²) in [4.78, 5) is 4.23. The third kappa shape index (κ3) is 11.7. The smallest absolute Gasteiger partial charge is 0.127 e. The third-order valence-electron chi connectivity index (χ3n) is 3.23. The molecule has 2 nitrogen and oxygen atoms in total. The summed E-state index contributed by atoms with van der Waals surface area (Å²) in [6.07, 6.45) is 12.4. The van der Waals surface area contributed by atoms with Crippen LogP contribution in [0.15, 0.2) is 42.5 Å². The zero-order chi connectivity index (χ0) is 19.0. The van der Waals surface area contributed by atoms with Crippen molar-refractivity contribution in [2.24, 2.45) is 0 Å². The lowest BCUT2D eigenvalue weighted by Crippen LogP contribution is -2.01. The van der Waals surface area contributed by atoms with Crippen LogP contribution in [0.5, 0.6) is 0 Å². The van der Waals surface area contributed by atoms with Crippen molar-refractivity contribution in [3.8, 4) is 0 Å². The molecule has 24 heavy (non-hydrogen) atoms. The summed E-state index contributed by atoms with van der Waals surface area (Å²) in [7, 11) is 0. The van der Waals surface area contributed by atoms with Gasteiger partial charge in [-0.1, -0.05) is 77.0 Å². The number of hydrogen-bond donors (Lipinski definition) is 1. The number of nitrogens with two attached hydrogens (primary N) is 1. The minimum atomic E-state index is 0.703. The Morgan fingerprint density at radius 3 is 2.17 bits per heavy atom. The molecule has 0 aromatic carbocycles. The lowest BCUT2D eigenvalue weighted by molar-refractivity contribution is 0.904. The van der Waals surface area contributed by atoms with Gasteiger partial charge in [-0.2, -0.15) is 0 Å². The monoisotopic (exact) mass is 330 g/mol. The second-order valence-corrected chi connectivity index (χ2v) is 5.71. The molecule has 136 valence electrons. The van der Waals surface area contributed by atoms with Crippen molar-refractivity contribution in [2.75, 3.05) is 5.73 Å². The summed E-state index contributed by atoms with van der Waals surface area (Å²) in [5.41, 5.74) is 10.6. The van der Waals surface area contributed by atoms with Gasteiger partial charge in [-0.15, -0.1) is 0 Å². The van der Waals surface area contributed by atoms with Crippen LogP contribution in [-0.4, -0.2) is 4.98 Å². The van der Waals surface area contributed by atoms with Gasteiger partial charge in [0.2, 0.25) is 0 Å². The van der Waals surface area contributed by atoms with Gasteiger partial charge >= 0.3 is 0 Å². The maximum Gasteiger partial charge on any atom is 0.127 e. The maximum absolute atomic E-state index is 5.80. The standard InChI is InChI=1S/C10H16N2.C9H14.C3H8/c1-4-5-9-7(2)6-8(3)12-10(9)11;1-4-7-8-9(5-2)6-3;1-3-2/h6H,4-5H2,1-3H3,(H2,11,12);4-5,7-8H,1,6H2,2-3H3;3H2,1-2H3/b;8-7-,9-5-;. The van der Waals surface area contributed by atoms with Gasteiger partial charge in [-0.05, 0) is 50.8 Å². The van der Waals surface area contributed by atoms with E-state index >= 15 is 0 Å². The van der Waals surface area contributed by atoms with Crippen molar-refractivity contribution < 1.29 is 0 Å². The Kier molecular flexibility index (Phi) is 16.3. The highest BCUT2D eigenvalue weighted by atomic mass is 14.8. The number of hydrogen-bond acceptors (Lipinski definition) is 2. The first kappa shape index (κ1) is 24.4. The number of rotatable bonds is 5. The Hall–Kier alpha value is -1.83. The van der Waals surface area contributed by atoms with E-state index < -0.39 is 0 Å². The van der Waals surface area contributed by atoms with E-state index in [0.717, 1.165) is 25.0 Å². The first-order valence-electron chi connectivity index (χ1n) is 9.08. The van der Waals surface area contributed by atoms with Gasteiger partial charge < -0.3 is 5.73 Å². The minimum absolute atomic E-state index is 0.703. The Morgan fingerprint density at radius 1 is 1.21 bits per heavy atom. The number of aryl methyl sites for hydroxylation is 2. The van der Waals surface area contributed by atoms with Crippen molar-refractivity contribution in [3.63, 3.8) is 0 Å². The van der Waals surface area contributed by atoms with Gasteiger partial charge in [0.25, 0.3) is 0 Å². The molecule has 2 heteroatoms. The lowest BCUT2D eigenvalue weighted by Gasteiger charge is -2.08. The second kappa shape index (κ2) is 16.0. The highest BCUT2D eigenvalue weighted by Gasteiger charge is 2.03. The SMILES string of the molecule is C=C/C=C\C(=C/C)CC.CCC.CCCc1c(C)cc(C)nc1N. The van der Waals surface area contributed by atoms with E-state index in [-0.39, 0.29) is 0 Å². The molecule has 0 aliphatic carbocycles. The number of nitrogen functional groups attached to an aromatic ring is 1. The van der Waals surface area contributed by atoms with Crippen LogP contribution in [0.4, 0.5) is 5.82 Å². The van der Waals surface area contributed by atoms with E-state index in [2.05, 4.69) is 64.4 Å². The summed E-state index contributed by atoms with van der Waals surface area (Å²) in [6, 6.07) is 2.08. The molecule has 2 N–H and O–H groups in total. The number of anilines is 1. The summed E-state index contributed by atoms with van der Waals surface area (Å²) in [6.45, 7) is 18.2. The van der Waals surface area contributed by atoms with Crippen LogP contribution in [-0.2, 0) is 6.42 Å². The largest absolute Gasteiger partial charge is 0.383 e. The van der Waals surface area contributed by atoms with E-state index in [9.17, 15) is 0 Å². The van der Waals surface area contributed by atoms with Crippen LogP contribution in [0, 0.1) is 13.8 Å². The summed E-state index contributed by atoms with van der Waals surface area (Å²) >= 11 is 0. The fraction of sp³-hybridized carbons (Fsp3) is 0.500. The molecular weight excluding hydrogens is 292 g/mol. The van der Waals surface area contributed by atoms with Crippen LogP contribution in [0.25, 0.3) is 0 Å². The normalized spacial score (nSPS) is 10.5. The van der Waals surface area contributed by atoms with E-state index in [0.29, 0.717) is 5.82 Å². The topological polar surface area (TPSA) is 38.9 Å². The van der Waals surface area contributed by atoms with Crippen LogP contribution in [0.1, 0.15) is 70.7 Å². The van der Waals surface area contributed by atoms with E-state index in [1.165, 1.54) is 23.1 Å². The van der Waals surface area contributed by atoms with E-state index in [4.69, 9.17) is 5.73 Å². The van der Waals surface area contributed by atoms with Crippen molar-refractivity contribution in [3.05, 3.63) is 59.3 Å². The Bertz CT molecular complexity index is 488. The minimum Gasteiger partial charge on any atom is -0.383 e. The van der Waals surface area contributed by atoms with Crippen molar-refractivity contribution in [2.45, 2.75) is 74.1 Å². The van der Waals surface area contributed by atoms with Crippen LogP contribution in [0.2, 0.25) is 0 Å². The molecule has 0 spiro atoms. The molecule has 0 unspecified atom stereocenters. The number of nitrogens with zero attached hydrogens (tertiary/aromatic N) is 1. The predicted molar refractivity (Wildman–Crippen MR) is 111 cm³/mol. The molecule has 0 saturated heterocycles. The fourth-order valence-corrected chi connectivity index (χ4v) is 2.08. The Labute approximate surface area is 150 Å². The molecule has 1 aromatic heterocycles. The molecule has 0 atom stereocenters. The highest BCUT2D eigenvalue weighted by molar-refractivity contribution is 5.45. The van der Waals surface area contributed by atoms with Crippen molar-refractivity contribution in [1.82, 2.24) is 4.98 Å². The number of pyridine rings is 1. The van der Waals surface area contributed by atoms with Crippen LogP contribution >= 0.6 is 0 Å². The molecular formula is C22H38N2. The maximum atomic E-state index is 5.80. The Morgan fingerprint density at radius 2 is 1.79 bits per heavy atom. The first-order valence-corrected chi connectivity index (χ1v) is 9.08. The van der Waals surface area contributed by atoms with Gasteiger partial charge in [-0.25, -0.2) is 4.98 Å². The molecule has 1 heterocycles. The fourth-order valence-electron chi connectivity index (χ4n) is 2.08. The molecule has 0 saturated carbocycles. The van der Waals surface area contributed by atoms with Gasteiger partial charge in [0.05, 0.1) is 0 Å². The summed E-state index contributed by atoms with van der Waals surface area (Å²) < 4.78 is 0. The summed E-state index contributed by atoms with van der Waals surface area (Å²) in [5, 5.41) is 0. The molecule has 1 rings (SSSR count). The molecule has 0 bridgehead atoms. The number of aromatic nitrogens is 1. The average molecular weight is 331 g/mol. The zero-order valence-electron chi connectivity index (χ0n) is 16.9.